The highest BCUT2D eigenvalue weighted by molar-refractivity contribution is 14.0. The van der Waals surface area contributed by atoms with Gasteiger partial charge < -0.3 is 11.1 Å². The number of halogens is 2. The quantitative estimate of drug-likeness (QED) is 0.477. The van der Waals surface area contributed by atoms with E-state index in [4.69, 9.17) is 17.3 Å². The summed E-state index contributed by atoms with van der Waals surface area (Å²) in [5, 5.41) is 3.91. The second-order valence-electron chi connectivity index (χ2n) is 4.24. The third kappa shape index (κ3) is 5.91. The average Bonchev–Trinajstić information content (AvgIpc) is 2.30. The lowest BCUT2D eigenvalue weighted by Gasteiger charge is -2.11. The first kappa shape index (κ1) is 17.5. The van der Waals surface area contributed by atoms with Crippen LogP contribution in [0.4, 0.5) is 0 Å². The van der Waals surface area contributed by atoms with E-state index in [2.05, 4.69) is 24.2 Å². The second kappa shape index (κ2) is 8.58. The fraction of sp³-hybridized carbons (Fsp3) is 0.462. The van der Waals surface area contributed by atoms with Crippen LogP contribution in [0.2, 0.25) is 5.02 Å². The van der Waals surface area contributed by atoms with Gasteiger partial charge in [0, 0.05) is 11.1 Å². The van der Waals surface area contributed by atoms with Crippen molar-refractivity contribution in [3.05, 3.63) is 34.3 Å². The van der Waals surface area contributed by atoms with Crippen LogP contribution in [0, 0.1) is 6.92 Å². The molecule has 102 valence electrons. The zero-order valence-corrected chi connectivity index (χ0v) is 14.1. The minimum atomic E-state index is 0. The summed E-state index contributed by atoms with van der Waals surface area (Å²) in [5.41, 5.74) is 7.95. The molecule has 3 N–H and O–H groups in total. The molecule has 0 fully saturated rings. The summed E-state index contributed by atoms with van der Waals surface area (Å²) in [6.07, 6.45) is 1.02. The average molecular weight is 382 g/mol. The van der Waals surface area contributed by atoms with Gasteiger partial charge in [0.25, 0.3) is 0 Å². The maximum Gasteiger partial charge on any atom is 0.189 e. The number of nitrogens with one attached hydrogen (secondary N) is 1. The van der Waals surface area contributed by atoms with Crippen molar-refractivity contribution in [3.63, 3.8) is 0 Å². The first-order valence-corrected chi connectivity index (χ1v) is 6.22. The zero-order valence-electron chi connectivity index (χ0n) is 11.0. The van der Waals surface area contributed by atoms with Gasteiger partial charge in [-0.25, -0.2) is 4.99 Å². The van der Waals surface area contributed by atoms with Crippen molar-refractivity contribution >= 4 is 41.5 Å². The Bertz CT molecular complexity index is 407. The van der Waals surface area contributed by atoms with E-state index in [-0.39, 0.29) is 24.0 Å². The molecule has 0 saturated carbocycles. The molecule has 18 heavy (non-hydrogen) atoms. The monoisotopic (exact) mass is 381 g/mol. The van der Waals surface area contributed by atoms with Crippen LogP contribution in [-0.4, -0.2) is 12.0 Å². The summed E-state index contributed by atoms with van der Waals surface area (Å²) < 4.78 is 0. The van der Waals surface area contributed by atoms with Crippen molar-refractivity contribution in [1.29, 1.82) is 0 Å². The zero-order chi connectivity index (χ0) is 12.8. The Kier molecular flexibility index (Phi) is 8.35. The summed E-state index contributed by atoms with van der Waals surface area (Å²) in [4.78, 5) is 4.29. The Morgan fingerprint density at radius 2 is 2.17 bits per heavy atom. The van der Waals surface area contributed by atoms with E-state index in [1.807, 2.05) is 25.1 Å². The molecule has 0 heterocycles. The van der Waals surface area contributed by atoms with Crippen molar-refractivity contribution in [2.75, 3.05) is 0 Å². The van der Waals surface area contributed by atoms with Crippen molar-refractivity contribution in [2.45, 2.75) is 39.8 Å². The van der Waals surface area contributed by atoms with Gasteiger partial charge >= 0.3 is 0 Å². The molecule has 1 atom stereocenters. The third-order valence-corrected chi connectivity index (χ3v) is 3.09. The van der Waals surface area contributed by atoms with E-state index < -0.39 is 0 Å². The number of nitrogens with two attached hydrogens (primary N) is 1. The number of hydrogen-bond donors (Lipinski definition) is 2. The molecule has 3 nitrogen and oxygen atoms in total. The molecule has 0 aliphatic rings. The van der Waals surface area contributed by atoms with E-state index in [0.29, 0.717) is 18.5 Å². The van der Waals surface area contributed by atoms with Gasteiger partial charge in [0.15, 0.2) is 5.96 Å². The highest BCUT2D eigenvalue weighted by atomic mass is 127. The molecule has 0 aliphatic carbocycles. The molecule has 1 unspecified atom stereocenters. The van der Waals surface area contributed by atoms with E-state index in [9.17, 15) is 0 Å². The summed E-state index contributed by atoms with van der Waals surface area (Å²) >= 11 is 5.96. The van der Waals surface area contributed by atoms with Gasteiger partial charge in [0.1, 0.15) is 0 Å². The normalized spacial score (nSPS) is 12.8. The molecular formula is C13H21ClIN3. The first-order chi connectivity index (χ1) is 8.02. The summed E-state index contributed by atoms with van der Waals surface area (Å²) in [5.74, 6) is 0.493. The van der Waals surface area contributed by atoms with E-state index in [0.717, 1.165) is 22.6 Å². The van der Waals surface area contributed by atoms with Gasteiger partial charge in [-0.2, -0.15) is 0 Å². The third-order valence-electron chi connectivity index (χ3n) is 2.66. The standard InChI is InChI=1S/C13H20ClN3.HI/c1-4-10(3)17-13(15)16-8-11-5-6-12(14)9(2)7-11;/h5-7,10H,4,8H2,1-3H3,(H3,15,16,17);1H. The molecule has 1 rings (SSSR count). The van der Waals surface area contributed by atoms with E-state index in [1.54, 1.807) is 0 Å². The van der Waals surface area contributed by atoms with Crippen molar-refractivity contribution in [1.82, 2.24) is 5.32 Å². The lowest BCUT2D eigenvalue weighted by molar-refractivity contribution is 0.636. The van der Waals surface area contributed by atoms with Gasteiger partial charge in [-0.3, -0.25) is 0 Å². The Morgan fingerprint density at radius 1 is 1.50 bits per heavy atom. The number of guanidine groups is 1. The minimum Gasteiger partial charge on any atom is -0.370 e. The maximum absolute atomic E-state index is 5.96. The second-order valence-corrected chi connectivity index (χ2v) is 4.65. The van der Waals surface area contributed by atoms with Crippen molar-refractivity contribution in [2.24, 2.45) is 10.7 Å². The minimum absolute atomic E-state index is 0. The number of hydrogen-bond acceptors (Lipinski definition) is 1. The summed E-state index contributed by atoms with van der Waals surface area (Å²) in [6.45, 7) is 6.74. The molecule has 0 spiro atoms. The van der Waals surface area contributed by atoms with Crippen LogP contribution in [0.3, 0.4) is 0 Å². The van der Waals surface area contributed by atoms with Crippen molar-refractivity contribution < 1.29 is 0 Å². The first-order valence-electron chi connectivity index (χ1n) is 5.84. The highest BCUT2D eigenvalue weighted by Crippen LogP contribution is 2.16. The van der Waals surface area contributed by atoms with Gasteiger partial charge in [-0.15, -0.1) is 24.0 Å². The van der Waals surface area contributed by atoms with Gasteiger partial charge in [0.05, 0.1) is 6.54 Å². The van der Waals surface area contributed by atoms with Gasteiger partial charge in [-0.05, 0) is 37.5 Å². The van der Waals surface area contributed by atoms with Gasteiger partial charge in [-0.1, -0.05) is 30.7 Å². The van der Waals surface area contributed by atoms with Crippen molar-refractivity contribution in [3.8, 4) is 0 Å². The van der Waals surface area contributed by atoms with Crippen LogP contribution in [-0.2, 0) is 6.54 Å². The molecule has 0 saturated heterocycles. The van der Waals surface area contributed by atoms with Crippen LogP contribution >= 0.6 is 35.6 Å². The number of benzene rings is 1. The summed E-state index contributed by atoms with van der Waals surface area (Å²) in [6, 6.07) is 6.24. The molecule has 0 radical (unpaired) electrons. The lowest BCUT2D eigenvalue weighted by Crippen LogP contribution is -2.38. The van der Waals surface area contributed by atoms with Gasteiger partial charge in [0.2, 0.25) is 0 Å². The van der Waals surface area contributed by atoms with Crippen LogP contribution in [0.5, 0.6) is 0 Å². The maximum atomic E-state index is 5.96. The molecule has 5 heteroatoms. The van der Waals surface area contributed by atoms with Crippen LogP contribution in [0.1, 0.15) is 31.4 Å². The number of rotatable bonds is 4. The molecule has 0 aromatic heterocycles. The van der Waals surface area contributed by atoms with E-state index >= 15 is 0 Å². The van der Waals surface area contributed by atoms with Crippen LogP contribution in [0.15, 0.2) is 23.2 Å². The molecule has 0 aliphatic heterocycles. The molecule has 1 aromatic rings. The number of nitrogens with zero attached hydrogens (tertiary/aromatic N) is 1. The molecular weight excluding hydrogens is 361 g/mol. The van der Waals surface area contributed by atoms with Crippen LogP contribution in [0.25, 0.3) is 0 Å². The SMILES string of the molecule is CCC(C)NC(N)=NCc1ccc(Cl)c(C)c1.I. The smallest absolute Gasteiger partial charge is 0.189 e. The highest BCUT2D eigenvalue weighted by Gasteiger charge is 2.00. The molecule has 0 amide bonds. The fourth-order valence-corrected chi connectivity index (χ4v) is 1.50. The van der Waals surface area contributed by atoms with E-state index in [1.165, 1.54) is 0 Å². The number of aliphatic imine (C=N–C) groups is 1. The predicted molar refractivity (Wildman–Crippen MR) is 89.8 cm³/mol. The molecule has 0 bridgehead atoms. The predicted octanol–water partition coefficient (Wildman–Crippen LogP) is 3.47. The number of aryl methyl sites for hydroxylation is 1. The Hall–Kier alpha value is -0.490. The summed E-state index contributed by atoms with van der Waals surface area (Å²) in [7, 11) is 0. The topological polar surface area (TPSA) is 50.4 Å². The Labute approximate surface area is 131 Å². The largest absolute Gasteiger partial charge is 0.370 e. The fourth-order valence-electron chi connectivity index (χ4n) is 1.38. The van der Waals surface area contributed by atoms with Crippen LogP contribution < -0.4 is 11.1 Å². The molecule has 1 aromatic carbocycles. The Morgan fingerprint density at radius 3 is 2.72 bits per heavy atom. The Balaban J connectivity index is 0.00000289. The lowest BCUT2D eigenvalue weighted by atomic mass is 10.1.